The Labute approximate surface area is 376 Å². The van der Waals surface area contributed by atoms with Crippen LogP contribution in [0.2, 0.25) is 0 Å². The fourth-order valence-electron chi connectivity index (χ4n) is 10.2. The number of furan rings is 1. The van der Waals surface area contributed by atoms with Crippen LogP contribution in [0.1, 0.15) is 105 Å². The summed E-state index contributed by atoms with van der Waals surface area (Å²) in [6.45, 7) is 27.7. The predicted octanol–water partition coefficient (Wildman–Crippen LogP) is 12.8. The normalized spacial score (nSPS) is 14.0. The minimum atomic E-state index is -0.0650. The van der Waals surface area contributed by atoms with Gasteiger partial charge in [0.2, 0.25) is 0 Å². The van der Waals surface area contributed by atoms with Crippen molar-refractivity contribution >= 4 is 92.5 Å². The van der Waals surface area contributed by atoms with Crippen LogP contribution >= 0.6 is 0 Å². The number of anilines is 6. The third kappa shape index (κ3) is 6.64. The van der Waals surface area contributed by atoms with Crippen molar-refractivity contribution in [2.75, 3.05) is 9.80 Å². The first kappa shape index (κ1) is 41.1. The molecule has 8 aromatic rings. The lowest BCUT2D eigenvalue weighted by Crippen LogP contribution is -2.62. The molecule has 0 fully saturated rings. The summed E-state index contributed by atoms with van der Waals surface area (Å²) in [5.41, 5.74) is 21.7. The lowest BCUT2D eigenvalue weighted by Gasteiger charge is -2.45. The monoisotopic (exact) mass is 822 g/mol. The van der Waals surface area contributed by atoms with Crippen molar-refractivity contribution < 1.29 is 4.42 Å². The minimum Gasteiger partial charge on any atom is -0.455 e. The van der Waals surface area contributed by atoms with E-state index < -0.39 is 0 Å². The first-order chi connectivity index (χ1) is 29.7. The molecule has 3 nitrogen and oxygen atoms in total. The van der Waals surface area contributed by atoms with Crippen LogP contribution in [-0.2, 0) is 21.7 Å². The summed E-state index contributed by atoms with van der Waals surface area (Å²) >= 11 is 0. The number of hydrogen-bond acceptors (Lipinski definition) is 3. The molecule has 2 aliphatic rings. The summed E-state index contributed by atoms with van der Waals surface area (Å²) in [6.07, 6.45) is 0. The first-order valence-electron chi connectivity index (χ1n) is 22.9. The van der Waals surface area contributed by atoms with Crippen LogP contribution in [0.15, 0.2) is 138 Å². The van der Waals surface area contributed by atoms with E-state index >= 15 is 0 Å². The van der Waals surface area contributed by atoms with Crippen LogP contribution in [0, 0.1) is 0 Å². The van der Waals surface area contributed by atoms with Crippen molar-refractivity contribution in [3.8, 4) is 11.1 Å². The van der Waals surface area contributed by atoms with Crippen LogP contribution in [0.4, 0.5) is 34.1 Å². The number of para-hydroxylation sites is 3. The van der Waals surface area contributed by atoms with Gasteiger partial charge in [-0.3, -0.25) is 0 Å². The van der Waals surface area contributed by atoms with Gasteiger partial charge in [0.05, 0.1) is 5.69 Å². The molecule has 2 aliphatic heterocycles. The van der Waals surface area contributed by atoms with Crippen molar-refractivity contribution in [3.63, 3.8) is 0 Å². The molecule has 10 rings (SSSR count). The van der Waals surface area contributed by atoms with Gasteiger partial charge in [-0.05, 0) is 97.2 Å². The molecular weight excluding hydrogens is 762 g/mol. The molecule has 0 spiro atoms. The van der Waals surface area contributed by atoms with E-state index in [1.165, 1.54) is 72.5 Å². The van der Waals surface area contributed by atoms with Crippen molar-refractivity contribution in [2.24, 2.45) is 0 Å². The second-order valence-corrected chi connectivity index (χ2v) is 22.4. The standard InChI is InChI=1S/C58H60B2N2O/c1-55(2,3)35-23-27-39(28-24-35)61-48-29-25-36(56(4,5)6)31-45(48)60-46-32-37(57(7,8)9)26-30-49(46)62(51-34-38(59)33-50(61)52(51)60)47-22-14-13-17-40(47)41-18-15-19-42-43-20-16-21-44(58(10,11)12)54(43)63-53(41)42/h13-34H,59H2,1-12H3. The number of benzene rings is 7. The molecule has 0 bridgehead atoms. The van der Waals surface area contributed by atoms with Gasteiger partial charge in [-0.25, -0.2) is 0 Å². The lowest BCUT2D eigenvalue weighted by molar-refractivity contribution is 0.573. The van der Waals surface area contributed by atoms with Crippen molar-refractivity contribution in [1.82, 2.24) is 0 Å². The zero-order chi connectivity index (χ0) is 44.5. The topological polar surface area (TPSA) is 19.6 Å². The van der Waals surface area contributed by atoms with Gasteiger partial charge in [0.15, 0.2) is 0 Å². The molecule has 63 heavy (non-hydrogen) atoms. The van der Waals surface area contributed by atoms with E-state index in [2.05, 4.69) is 234 Å². The summed E-state index contributed by atoms with van der Waals surface area (Å²) in [7, 11) is 2.26. The number of fused-ring (bicyclic) bond motifs is 7. The molecule has 0 N–H and O–H groups in total. The van der Waals surface area contributed by atoms with E-state index in [4.69, 9.17) is 4.42 Å². The smallest absolute Gasteiger partial charge is 0.252 e. The van der Waals surface area contributed by atoms with E-state index in [0.717, 1.165) is 38.8 Å². The molecule has 0 atom stereocenters. The molecular formula is C58H60B2N2O. The third-order valence-corrected chi connectivity index (χ3v) is 13.7. The maximum absolute atomic E-state index is 7.06. The Hall–Kier alpha value is -5.93. The second kappa shape index (κ2) is 14.0. The highest BCUT2D eigenvalue weighted by Gasteiger charge is 2.44. The number of hydrogen-bond donors (Lipinski definition) is 0. The summed E-state index contributed by atoms with van der Waals surface area (Å²) in [5, 5.41) is 2.30. The van der Waals surface area contributed by atoms with E-state index in [0.29, 0.717) is 0 Å². The van der Waals surface area contributed by atoms with Crippen LogP contribution in [0.5, 0.6) is 0 Å². The van der Waals surface area contributed by atoms with Crippen molar-refractivity contribution in [1.29, 1.82) is 0 Å². The van der Waals surface area contributed by atoms with Gasteiger partial charge >= 0.3 is 0 Å². The molecule has 0 aliphatic carbocycles. The molecule has 0 saturated heterocycles. The van der Waals surface area contributed by atoms with E-state index in [1.807, 2.05) is 0 Å². The maximum atomic E-state index is 7.06. The van der Waals surface area contributed by atoms with Gasteiger partial charge in [0.25, 0.3) is 6.71 Å². The molecule has 0 amide bonds. The fraction of sp³-hybridized carbons (Fsp3) is 0.276. The Balaban J connectivity index is 1.28. The Morgan fingerprint density at radius 1 is 0.429 bits per heavy atom. The fourth-order valence-corrected chi connectivity index (χ4v) is 10.2. The molecule has 0 unspecified atom stereocenters. The predicted molar refractivity (Wildman–Crippen MR) is 276 cm³/mol. The van der Waals surface area contributed by atoms with Crippen LogP contribution < -0.4 is 31.7 Å². The average molecular weight is 823 g/mol. The largest absolute Gasteiger partial charge is 0.455 e. The number of rotatable bonds is 3. The van der Waals surface area contributed by atoms with Gasteiger partial charge in [0, 0.05) is 55.9 Å². The summed E-state index contributed by atoms with van der Waals surface area (Å²) in [6, 6.07) is 51.0. The highest BCUT2D eigenvalue weighted by Crippen LogP contribution is 2.49. The zero-order valence-corrected chi connectivity index (χ0v) is 39.6. The molecule has 5 heteroatoms. The summed E-state index contributed by atoms with van der Waals surface area (Å²) in [5.74, 6) is 0. The number of nitrogens with zero attached hydrogens (tertiary/aromatic N) is 2. The van der Waals surface area contributed by atoms with Gasteiger partial charge in [-0.1, -0.05) is 180 Å². The first-order valence-corrected chi connectivity index (χ1v) is 22.9. The lowest BCUT2D eigenvalue weighted by atomic mass is 9.33. The Kier molecular flexibility index (Phi) is 9.16. The van der Waals surface area contributed by atoms with Crippen LogP contribution in [0.3, 0.4) is 0 Å². The van der Waals surface area contributed by atoms with Gasteiger partial charge < -0.3 is 14.2 Å². The van der Waals surface area contributed by atoms with Crippen LogP contribution in [-0.4, -0.2) is 14.6 Å². The maximum Gasteiger partial charge on any atom is 0.252 e. The Morgan fingerprint density at radius 3 is 1.52 bits per heavy atom. The second-order valence-electron chi connectivity index (χ2n) is 22.4. The average Bonchev–Trinajstić information content (AvgIpc) is 3.61. The molecule has 1 aromatic heterocycles. The van der Waals surface area contributed by atoms with E-state index in [-0.39, 0.29) is 28.4 Å². The molecule has 314 valence electrons. The molecule has 7 aromatic carbocycles. The van der Waals surface area contributed by atoms with Crippen molar-refractivity contribution in [3.05, 3.63) is 156 Å². The molecule has 0 radical (unpaired) electrons. The minimum absolute atomic E-state index is 0.0216. The van der Waals surface area contributed by atoms with Gasteiger partial charge in [0.1, 0.15) is 19.0 Å². The molecule has 0 saturated carbocycles. The van der Waals surface area contributed by atoms with Crippen molar-refractivity contribution in [2.45, 2.75) is 105 Å². The third-order valence-electron chi connectivity index (χ3n) is 13.7. The Morgan fingerprint density at radius 2 is 0.937 bits per heavy atom. The SMILES string of the molecule is Bc1cc2c3c(c1)N(c1ccccc1-c1cccc4c1oc1c(C(C)(C)C)cccc14)c1ccc(C(C)(C)C)cc1B3c1cc(C(C)(C)C)ccc1N2c1ccc(C(C)(C)C)cc1. The highest BCUT2D eigenvalue weighted by molar-refractivity contribution is 7.00. The van der Waals surface area contributed by atoms with E-state index in [9.17, 15) is 0 Å². The Bertz CT molecular complexity index is 3130. The quantitative estimate of drug-likeness (QED) is 0.166. The van der Waals surface area contributed by atoms with E-state index in [1.54, 1.807) is 0 Å². The molecule has 3 heterocycles. The van der Waals surface area contributed by atoms with Gasteiger partial charge in [-0.15, -0.1) is 0 Å². The summed E-state index contributed by atoms with van der Waals surface area (Å²) < 4.78 is 7.06. The summed E-state index contributed by atoms with van der Waals surface area (Å²) in [4.78, 5) is 5.11. The zero-order valence-electron chi connectivity index (χ0n) is 39.6. The van der Waals surface area contributed by atoms with Gasteiger partial charge in [-0.2, -0.15) is 0 Å². The highest BCUT2D eigenvalue weighted by atomic mass is 16.3. The van der Waals surface area contributed by atoms with Crippen LogP contribution in [0.25, 0.3) is 33.1 Å².